The molecule has 0 aromatic carbocycles. The molecule has 0 radical (unpaired) electrons. The first-order valence-corrected chi connectivity index (χ1v) is 3.04. The van der Waals surface area contributed by atoms with Gasteiger partial charge in [-0.3, -0.25) is 0 Å². The third-order valence-corrected chi connectivity index (χ3v) is 0.839. The fourth-order valence-corrected chi connectivity index (χ4v) is 0.337. The molecule has 0 rings (SSSR count). The number of alkyl halides is 2. The molecular formula is C4H6BrFO2. The van der Waals surface area contributed by atoms with Crippen molar-refractivity contribution in [3.05, 3.63) is 0 Å². The van der Waals surface area contributed by atoms with Crippen LogP contribution in [0.25, 0.3) is 0 Å². The van der Waals surface area contributed by atoms with Crippen LogP contribution in [0.1, 0.15) is 6.92 Å². The van der Waals surface area contributed by atoms with Crippen molar-refractivity contribution in [1.82, 2.24) is 0 Å². The predicted octanol–water partition coefficient (Wildman–Crippen LogP) is 1.24. The van der Waals surface area contributed by atoms with Crippen LogP contribution in [0.3, 0.4) is 0 Å². The molecule has 0 saturated heterocycles. The lowest BCUT2D eigenvalue weighted by atomic mass is 10.7. The third-order valence-electron chi connectivity index (χ3n) is 0.465. The average molecular weight is 185 g/mol. The number of rotatable bonds is 2. The monoisotopic (exact) mass is 184 g/mol. The molecule has 0 bridgehead atoms. The van der Waals surface area contributed by atoms with Crippen molar-refractivity contribution in [1.29, 1.82) is 0 Å². The van der Waals surface area contributed by atoms with Crippen LogP contribution in [-0.4, -0.2) is 17.7 Å². The Morgan fingerprint density at radius 1 is 2.00 bits per heavy atom. The molecule has 48 valence electrons. The molecule has 0 aromatic rings. The summed E-state index contributed by atoms with van der Waals surface area (Å²) in [6.45, 7) is 1.83. The van der Waals surface area contributed by atoms with E-state index in [9.17, 15) is 9.18 Å². The molecule has 0 heterocycles. The van der Waals surface area contributed by atoms with Crippen molar-refractivity contribution in [2.24, 2.45) is 0 Å². The van der Waals surface area contributed by atoms with Crippen molar-refractivity contribution in [2.45, 2.75) is 12.0 Å². The maximum Gasteiger partial charge on any atom is 0.351 e. The summed E-state index contributed by atoms with van der Waals surface area (Å²) < 4.78 is 16.0. The molecule has 0 aliphatic rings. The minimum atomic E-state index is -1.68. The maximum atomic E-state index is 11.7. The van der Waals surface area contributed by atoms with Crippen molar-refractivity contribution in [3.63, 3.8) is 0 Å². The number of esters is 1. The van der Waals surface area contributed by atoms with E-state index in [1.807, 2.05) is 0 Å². The normalized spacial score (nSPS) is 12.9. The van der Waals surface area contributed by atoms with Gasteiger partial charge in [0.15, 0.2) is 0 Å². The topological polar surface area (TPSA) is 26.3 Å². The summed E-state index contributed by atoms with van der Waals surface area (Å²) in [6, 6.07) is 0. The molecule has 0 saturated carbocycles. The van der Waals surface area contributed by atoms with Crippen LogP contribution in [0.5, 0.6) is 0 Å². The summed E-state index contributed by atoms with van der Waals surface area (Å²) in [4.78, 5) is 10.1. The summed E-state index contributed by atoms with van der Waals surface area (Å²) >= 11 is 2.40. The van der Waals surface area contributed by atoms with E-state index in [0.717, 1.165) is 0 Å². The molecule has 1 atom stereocenters. The summed E-state index contributed by atoms with van der Waals surface area (Å²) in [5, 5.41) is -1.68. The van der Waals surface area contributed by atoms with Crippen molar-refractivity contribution in [2.75, 3.05) is 6.61 Å². The minimum Gasteiger partial charge on any atom is -0.463 e. The fraction of sp³-hybridized carbons (Fsp3) is 0.750. The lowest BCUT2D eigenvalue weighted by Gasteiger charge is -1.97. The Balaban J connectivity index is 3.33. The highest BCUT2D eigenvalue weighted by Gasteiger charge is 2.12. The van der Waals surface area contributed by atoms with E-state index in [-0.39, 0.29) is 6.61 Å². The molecule has 4 heteroatoms. The van der Waals surface area contributed by atoms with Gasteiger partial charge in [0, 0.05) is 0 Å². The first-order chi connectivity index (χ1) is 3.68. The van der Waals surface area contributed by atoms with Crippen LogP contribution < -0.4 is 0 Å². The lowest BCUT2D eigenvalue weighted by molar-refractivity contribution is -0.145. The highest BCUT2D eigenvalue weighted by molar-refractivity contribution is 9.09. The highest BCUT2D eigenvalue weighted by Crippen LogP contribution is 2.01. The summed E-state index contributed by atoms with van der Waals surface area (Å²) in [6.07, 6.45) is 0. The Bertz CT molecular complexity index is 84.1. The average Bonchev–Trinajstić information content (AvgIpc) is 1.67. The first kappa shape index (κ1) is 7.88. The van der Waals surface area contributed by atoms with Crippen LogP contribution in [0.2, 0.25) is 0 Å². The van der Waals surface area contributed by atoms with E-state index in [1.165, 1.54) is 0 Å². The minimum absolute atomic E-state index is 0.213. The zero-order chi connectivity index (χ0) is 6.57. The Morgan fingerprint density at radius 3 is 2.62 bits per heavy atom. The van der Waals surface area contributed by atoms with Crippen molar-refractivity contribution < 1.29 is 13.9 Å². The van der Waals surface area contributed by atoms with Gasteiger partial charge >= 0.3 is 5.97 Å². The second kappa shape index (κ2) is 3.83. The van der Waals surface area contributed by atoms with E-state index >= 15 is 0 Å². The number of hydrogen-bond donors (Lipinski definition) is 0. The van der Waals surface area contributed by atoms with Gasteiger partial charge in [0.1, 0.15) is 0 Å². The molecule has 8 heavy (non-hydrogen) atoms. The Morgan fingerprint density at radius 2 is 2.50 bits per heavy atom. The largest absolute Gasteiger partial charge is 0.463 e. The Kier molecular flexibility index (Phi) is 3.77. The highest BCUT2D eigenvalue weighted by atomic mass is 79.9. The van der Waals surface area contributed by atoms with Gasteiger partial charge in [0.2, 0.25) is 0 Å². The van der Waals surface area contributed by atoms with Crippen molar-refractivity contribution >= 4 is 21.9 Å². The predicted molar refractivity (Wildman–Crippen MR) is 30.5 cm³/mol. The lowest BCUT2D eigenvalue weighted by Crippen LogP contribution is -2.11. The van der Waals surface area contributed by atoms with Crippen LogP contribution in [0.4, 0.5) is 4.39 Å². The smallest absolute Gasteiger partial charge is 0.351 e. The van der Waals surface area contributed by atoms with Crippen LogP contribution >= 0.6 is 15.9 Å². The number of carbonyl (C=O) groups is 1. The van der Waals surface area contributed by atoms with Crippen LogP contribution in [0, 0.1) is 0 Å². The molecule has 0 aromatic heterocycles. The van der Waals surface area contributed by atoms with Gasteiger partial charge in [-0.25, -0.2) is 9.18 Å². The molecule has 0 fully saturated rings. The number of ether oxygens (including phenoxy) is 1. The van der Waals surface area contributed by atoms with Gasteiger partial charge in [0.05, 0.1) is 6.61 Å². The SMILES string of the molecule is CCOC(=O)[C@H](F)Br. The zero-order valence-electron chi connectivity index (χ0n) is 4.36. The zero-order valence-corrected chi connectivity index (χ0v) is 5.94. The van der Waals surface area contributed by atoms with Crippen LogP contribution in [0.15, 0.2) is 0 Å². The molecule has 0 spiro atoms. The van der Waals surface area contributed by atoms with Gasteiger partial charge in [-0.2, -0.15) is 0 Å². The van der Waals surface area contributed by atoms with Gasteiger partial charge in [0.25, 0.3) is 5.08 Å². The number of halogens is 2. The van der Waals surface area contributed by atoms with Gasteiger partial charge in [-0.05, 0) is 22.9 Å². The summed E-state index contributed by atoms with van der Waals surface area (Å²) in [5.41, 5.74) is 0. The molecule has 0 amide bonds. The van der Waals surface area contributed by atoms with Gasteiger partial charge < -0.3 is 4.74 Å². The van der Waals surface area contributed by atoms with Crippen LogP contribution in [-0.2, 0) is 9.53 Å². The summed E-state index contributed by atoms with van der Waals surface area (Å²) in [7, 11) is 0. The van der Waals surface area contributed by atoms with E-state index in [0.29, 0.717) is 0 Å². The van der Waals surface area contributed by atoms with Crippen molar-refractivity contribution in [3.8, 4) is 0 Å². The molecule has 0 N–H and O–H groups in total. The Hall–Kier alpha value is -0.120. The molecule has 2 nitrogen and oxygen atoms in total. The molecule has 0 aliphatic carbocycles. The van der Waals surface area contributed by atoms with E-state index < -0.39 is 11.1 Å². The Labute approximate surface area is 55.1 Å². The van der Waals surface area contributed by atoms with Gasteiger partial charge in [-0.1, -0.05) is 0 Å². The molecular weight excluding hydrogens is 179 g/mol. The van der Waals surface area contributed by atoms with E-state index in [2.05, 4.69) is 20.7 Å². The molecule has 0 unspecified atom stereocenters. The fourth-order valence-electron chi connectivity index (χ4n) is 0.205. The van der Waals surface area contributed by atoms with E-state index in [4.69, 9.17) is 0 Å². The van der Waals surface area contributed by atoms with Gasteiger partial charge in [-0.15, -0.1) is 0 Å². The second-order valence-electron chi connectivity index (χ2n) is 1.05. The summed E-state index contributed by atoms with van der Waals surface area (Å²) in [5.74, 6) is -0.868. The third kappa shape index (κ3) is 2.96. The standard InChI is InChI=1S/C4H6BrFO2/c1-2-8-4(7)3(5)6/h3H,2H2,1H3/t3-/m0/s1. The molecule has 0 aliphatic heterocycles. The first-order valence-electron chi connectivity index (χ1n) is 2.13. The van der Waals surface area contributed by atoms with E-state index in [1.54, 1.807) is 6.92 Å². The second-order valence-corrected chi connectivity index (χ2v) is 1.86. The quantitative estimate of drug-likeness (QED) is 0.477. The number of carbonyl (C=O) groups excluding carboxylic acids is 1. The maximum absolute atomic E-state index is 11.7. The number of hydrogen-bond acceptors (Lipinski definition) is 2.